The summed E-state index contributed by atoms with van der Waals surface area (Å²) in [6.45, 7) is 0.418. The number of halogens is 3. The molecule has 4 aromatic rings. The number of nitrogens with zero attached hydrogens (tertiary/aromatic N) is 3. The Morgan fingerprint density at radius 3 is 2.34 bits per heavy atom. The van der Waals surface area contributed by atoms with Crippen LogP contribution in [-0.2, 0) is 42.1 Å². The molecule has 1 aromatic heterocycles. The summed E-state index contributed by atoms with van der Waals surface area (Å²) in [4.78, 5) is 30.6. The van der Waals surface area contributed by atoms with E-state index in [9.17, 15) is 44.9 Å². The quantitative estimate of drug-likeness (QED) is 0.0732. The maximum Gasteiger partial charge on any atom is 0.421 e. The summed E-state index contributed by atoms with van der Waals surface area (Å²) in [7, 11) is -7.56. The number of ether oxygens (including phenoxy) is 1. The van der Waals surface area contributed by atoms with Gasteiger partial charge in [-0.1, -0.05) is 24.3 Å². The molecule has 3 aromatic carbocycles. The molecule has 0 aliphatic carbocycles. The van der Waals surface area contributed by atoms with Gasteiger partial charge in [-0.2, -0.15) is 18.2 Å². The molecule has 4 N–H and O–H groups in total. The van der Waals surface area contributed by atoms with Gasteiger partial charge in [0.2, 0.25) is 21.9 Å². The van der Waals surface area contributed by atoms with Gasteiger partial charge in [0.05, 0.1) is 22.2 Å². The highest BCUT2D eigenvalue weighted by Crippen LogP contribution is 2.34. The predicted molar refractivity (Wildman–Crippen MR) is 178 cm³/mol. The van der Waals surface area contributed by atoms with E-state index in [1.165, 1.54) is 67.6 Å². The van der Waals surface area contributed by atoms with Crippen molar-refractivity contribution in [1.82, 2.24) is 9.97 Å². The SMILES string of the molecule is Cc1cccc(NS(=O)(=O)CCOCC(=O)Nc2ccc(Nc3ncc(C(F)(F)F)c(NCc4cccc(S(C)(=O)=O)c4)n3)cc2)c1[N+](=O)[O-]. The third kappa shape index (κ3) is 10.6. The molecule has 20 heteroatoms. The molecule has 0 bridgehead atoms. The van der Waals surface area contributed by atoms with Gasteiger partial charge in [0.25, 0.3) is 5.69 Å². The number of nitro groups is 1. The van der Waals surface area contributed by atoms with Crippen molar-refractivity contribution < 1.29 is 44.5 Å². The highest BCUT2D eigenvalue weighted by atomic mass is 32.2. The number of benzene rings is 3. The van der Waals surface area contributed by atoms with Crippen molar-refractivity contribution in [2.75, 3.05) is 45.9 Å². The van der Waals surface area contributed by atoms with E-state index in [2.05, 4.69) is 30.6 Å². The molecule has 0 spiro atoms. The van der Waals surface area contributed by atoms with Crippen LogP contribution in [0, 0.1) is 17.0 Å². The molecule has 50 heavy (non-hydrogen) atoms. The van der Waals surface area contributed by atoms with Gasteiger partial charge < -0.3 is 20.7 Å². The number of hydrogen-bond donors (Lipinski definition) is 4. The molecule has 1 amide bonds. The Balaban J connectivity index is 1.30. The van der Waals surface area contributed by atoms with Crippen LogP contribution in [0.25, 0.3) is 0 Å². The molecule has 0 aliphatic heterocycles. The first-order valence-electron chi connectivity index (χ1n) is 14.4. The lowest BCUT2D eigenvalue weighted by atomic mass is 10.2. The minimum absolute atomic E-state index is 0.0132. The Hall–Kier alpha value is -5.34. The maximum atomic E-state index is 13.7. The number of hydrogen-bond acceptors (Lipinski definition) is 12. The van der Waals surface area contributed by atoms with Crippen molar-refractivity contribution >= 4 is 60.3 Å². The van der Waals surface area contributed by atoms with Crippen LogP contribution in [-0.4, -0.2) is 62.9 Å². The number of aryl methyl sites for hydroxylation is 1. The van der Waals surface area contributed by atoms with Crippen molar-refractivity contribution in [3.63, 3.8) is 0 Å². The molecular formula is C30H30F3N7O8S2. The summed E-state index contributed by atoms with van der Waals surface area (Å²) in [6, 6.07) is 15.9. The zero-order valence-corrected chi connectivity index (χ0v) is 27.9. The average Bonchev–Trinajstić information content (AvgIpc) is 3.02. The molecular weight excluding hydrogens is 707 g/mol. The second-order valence-electron chi connectivity index (χ2n) is 10.7. The summed E-state index contributed by atoms with van der Waals surface area (Å²) in [6.07, 6.45) is -3.16. The van der Waals surface area contributed by atoms with Crippen LogP contribution in [0.4, 0.5) is 47.7 Å². The Labute approximate surface area is 284 Å². The molecule has 0 radical (unpaired) electrons. The summed E-state index contributed by atoms with van der Waals surface area (Å²) in [5.74, 6) is -1.92. The molecule has 1 heterocycles. The number of nitrogens with one attached hydrogen (secondary N) is 4. The number of rotatable bonds is 15. The van der Waals surface area contributed by atoms with Gasteiger partial charge in [-0.3, -0.25) is 19.6 Å². The zero-order valence-electron chi connectivity index (χ0n) is 26.3. The average molecular weight is 738 g/mol. The fourth-order valence-corrected chi connectivity index (χ4v) is 5.99. The van der Waals surface area contributed by atoms with Crippen molar-refractivity contribution in [2.24, 2.45) is 0 Å². The largest absolute Gasteiger partial charge is 0.421 e. The fourth-order valence-electron chi connectivity index (χ4n) is 4.35. The van der Waals surface area contributed by atoms with Gasteiger partial charge in [-0.25, -0.2) is 21.8 Å². The second-order valence-corrected chi connectivity index (χ2v) is 14.5. The van der Waals surface area contributed by atoms with Crippen LogP contribution in [0.5, 0.6) is 0 Å². The lowest BCUT2D eigenvalue weighted by Gasteiger charge is -2.15. The van der Waals surface area contributed by atoms with E-state index in [1.807, 2.05) is 0 Å². The number of carbonyl (C=O) groups is 1. The van der Waals surface area contributed by atoms with E-state index >= 15 is 0 Å². The first-order valence-corrected chi connectivity index (χ1v) is 17.9. The molecule has 0 atom stereocenters. The van der Waals surface area contributed by atoms with Gasteiger partial charge in [-0.05, 0) is 55.0 Å². The maximum absolute atomic E-state index is 13.7. The number of nitro benzene ring substituents is 1. The molecule has 15 nitrogen and oxygen atoms in total. The number of sulfonamides is 1. The highest BCUT2D eigenvalue weighted by Gasteiger charge is 2.35. The Kier molecular flexibility index (Phi) is 11.6. The van der Waals surface area contributed by atoms with Crippen LogP contribution in [0.15, 0.2) is 77.8 Å². The van der Waals surface area contributed by atoms with Crippen LogP contribution < -0.4 is 20.7 Å². The number of carbonyl (C=O) groups excluding carboxylic acids is 1. The van der Waals surface area contributed by atoms with Gasteiger partial charge in [-0.15, -0.1) is 0 Å². The van der Waals surface area contributed by atoms with Crippen molar-refractivity contribution in [3.8, 4) is 0 Å². The summed E-state index contributed by atoms with van der Waals surface area (Å²) in [5, 5.41) is 19.2. The van der Waals surface area contributed by atoms with E-state index in [1.54, 1.807) is 6.07 Å². The Morgan fingerprint density at radius 2 is 1.68 bits per heavy atom. The Morgan fingerprint density at radius 1 is 1.00 bits per heavy atom. The van der Waals surface area contributed by atoms with E-state index in [-0.39, 0.29) is 40.9 Å². The number of amides is 1. The van der Waals surface area contributed by atoms with Crippen molar-refractivity contribution in [3.05, 3.63) is 99.7 Å². The first kappa shape index (κ1) is 37.5. The highest BCUT2D eigenvalue weighted by molar-refractivity contribution is 7.92. The lowest BCUT2D eigenvalue weighted by Crippen LogP contribution is -2.24. The minimum Gasteiger partial charge on any atom is -0.371 e. The van der Waals surface area contributed by atoms with Crippen molar-refractivity contribution in [1.29, 1.82) is 0 Å². The summed E-state index contributed by atoms with van der Waals surface area (Å²) >= 11 is 0. The van der Waals surface area contributed by atoms with Gasteiger partial charge in [0, 0.05) is 35.9 Å². The second kappa shape index (κ2) is 15.5. The van der Waals surface area contributed by atoms with E-state index in [4.69, 9.17) is 4.74 Å². The molecule has 266 valence electrons. The molecule has 4 rings (SSSR count). The smallest absolute Gasteiger partial charge is 0.371 e. The number of para-hydroxylation sites is 1. The van der Waals surface area contributed by atoms with Gasteiger partial charge in [0.1, 0.15) is 23.7 Å². The number of alkyl halides is 3. The van der Waals surface area contributed by atoms with Crippen LogP contribution in [0.3, 0.4) is 0 Å². The Bertz CT molecular complexity index is 2100. The van der Waals surface area contributed by atoms with E-state index in [0.29, 0.717) is 23.1 Å². The third-order valence-corrected chi connectivity index (χ3v) is 9.07. The molecule has 0 saturated heterocycles. The fraction of sp³-hybridized carbons (Fsp3) is 0.233. The normalized spacial score (nSPS) is 11.9. The number of anilines is 5. The van der Waals surface area contributed by atoms with Crippen LogP contribution in [0.2, 0.25) is 0 Å². The first-order chi connectivity index (χ1) is 23.4. The summed E-state index contributed by atoms with van der Waals surface area (Å²) < 4.78 is 96.8. The van der Waals surface area contributed by atoms with Gasteiger partial charge >= 0.3 is 6.18 Å². The molecule has 0 unspecified atom stereocenters. The third-order valence-electron chi connectivity index (χ3n) is 6.72. The molecule has 0 saturated carbocycles. The topological polar surface area (TPSA) is 212 Å². The number of sulfone groups is 1. The van der Waals surface area contributed by atoms with Gasteiger partial charge in [0.15, 0.2) is 9.84 Å². The molecule has 0 aliphatic rings. The summed E-state index contributed by atoms with van der Waals surface area (Å²) in [5.41, 5.74) is -0.345. The van der Waals surface area contributed by atoms with E-state index < -0.39 is 60.6 Å². The van der Waals surface area contributed by atoms with E-state index in [0.717, 1.165) is 6.26 Å². The van der Waals surface area contributed by atoms with Crippen molar-refractivity contribution in [2.45, 2.75) is 24.5 Å². The monoisotopic (exact) mass is 737 g/mol. The zero-order chi connectivity index (χ0) is 36.7. The van der Waals surface area contributed by atoms with Crippen LogP contribution in [0.1, 0.15) is 16.7 Å². The minimum atomic E-state index is -4.78. The standard InChI is InChI=1S/C30H30F3N7O8S2/c1-19-5-3-8-25(27(19)40(42)43)39-50(46,47)14-13-48-18-26(41)36-21-9-11-22(12-10-21)37-29-35-17-24(30(31,32)33)28(38-29)34-16-20-6-4-7-23(15-20)49(2,44)45/h3-12,15,17,39H,13-14,16,18H2,1-2H3,(H,36,41)(H2,34,35,37,38). The lowest BCUT2D eigenvalue weighted by molar-refractivity contribution is -0.384. The number of aromatic nitrogens is 2. The molecule has 0 fully saturated rings. The van der Waals surface area contributed by atoms with Crippen LogP contribution >= 0.6 is 0 Å². The predicted octanol–water partition coefficient (Wildman–Crippen LogP) is 4.87.